The maximum atomic E-state index is 13.4. The van der Waals surface area contributed by atoms with Crippen molar-refractivity contribution in [1.82, 2.24) is 10.6 Å². The molecule has 0 aliphatic rings. The largest absolute Gasteiger partial charge is 0.484 e. The van der Waals surface area contributed by atoms with Crippen LogP contribution < -0.4 is 15.4 Å². The van der Waals surface area contributed by atoms with Gasteiger partial charge < -0.3 is 20.1 Å². The first kappa shape index (κ1) is 16.4. The van der Waals surface area contributed by atoms with E-state index in [0.29, 0.717) is 32.0 Å². The Morgan fingerprint density at radius 3 is 2.85 bits per heavy atom. The highest BCUT2D eigenvalue weighted by Crippen LogP contribution is 2.16. The Labute approximate surface area is 118 Å². The molecule has 0 aliphatic carbocycles. The van der Waals surface area contributed by atoms with Gasteiger partial charge in [0.2, 0.25) is 0 Å². The normalized spacial score (nSPS) is 10.3. The van der Waals surface area contributed by atoms with Gasteiger partial charge in [-0.25, -0.2) is 4.39 Å². The topological polar surface area (TPSA) is 59.6 Å². The molecule has 0 atom stereocenters. The molecular weight excluding hydrogens is 263 g/mol. The Hall–Kier alpha value is -1.66. The van der Waals surface area contributed by atoms with Crippen LogP contribution in [-0.4, -0.2) is 39.3 Å². The number of rotatable bonds is 9. The Morgan fingerprint density at radius 2 is 2.15 bits per heavy atom. The van der Waals surface area contributed by atoms with E-state index in [0.717, 1.165) is 5.56 Å². The van der Waals surface area contributed by atoms with Gasteiger partial charge in [-0.2, -0.15) is 0 Å². The summed E-state index contributed by atoms with van der Waals surface area (Å²) in [6, 6.07) is 4.40. The summed E-state index contributed by atoms with van der Waals surface area (Å²) in [7, 11) is 1.62. The molecule has 0 fully saturated rings. The fraction of sp³-hybridized carbons (Fsp3) is 0.500. The maximum Gasteiger partial charge on any atom is 0.257 e. The SMILES string of the molecule is CCNC(=O)COc1cc(F)cc(CNCCOC)c1. The minimum absolute atomic E-state index is 0.117. The van der Waals surface area contributed by atoms with E-state index in [1.165, 1.54) is 12.1 Å². The van der Waals surface area contributed by atoms with Gasteiger partial charge >= 0.3 is 0 Å². The number of amides is 1. The van der Waals surface area contributed by atoms with Crippen LogP contribution >= 0.6 is 0 Å². The van der Waals surface area contributed by atoms with Gasteiger partial charge in [-0.3, -0.25) is 4.79 Å². The van der Waals surface area contributed by atoms with Gasteiger partial charge in [0.1, 0.15) is 11.6 Å². The minimum atomic E-state index is -0.387. The van der Waals surface area contributed by atoms with Crippen LogP contribution in [0.15, 0.2) is 18.2 Å². The molecule has 2 N–H and O–H groups in total. The van der Waals surface area contributed by atoms with Crippen LogP contribution in [0.5, 0.6) is 5.75 Å². The Bertz CT molecular complexity index is 427. The molecule has 0 aliphatic heterocycles. The second-order valence-corrected chi connectivity index (χ2v) is 4.21. The molecule has 1 aromatic rings. The molecular formula is C14H21FN2O3. The summed E-state index contributed by atoms with van der Waals surface area (Å²) in [6.07, 6.45) is 0. The standard InChI is InChI=1S/C14H21FN2O3/c1-3-17-14(18)10-20-13-7-11(6-12(15)8-13)9-16-4-5-19-2/h6-8,16H,3-5,9-10H2,1-2H3,(H,17,18). The fourth-order valence-electron chi connectivity index (χ4n) is 1.61. The van der Waals surface area contributed by atoms with Gasteiger partial charge in [0.05, 0.1) is 6.61 Å². The van der Waals surface area contributed by atoms with Crippen LogP contribution in [0.2, 0.25) is 0 Å². The molecule has 1 rings (SSSR count). The number of halogens is 1. The number of ether oxygens (including phenoxy) is 2. The predicted molar refractivity (Wildman–Crippen MR) is 74.2 cm³/mol. The highest BCUT2D eigenvalue weighted by Gasteiger charge is 2.05. The number of methoxy groups -OCH3 is 1. The van der Waals surface area contributed by atoms with Gasteiger partial charge in [0.25, 0.3) is 5.91 Å². The van der Waals surface area contributed by atoms with E-state index < -0.39 is 0 Å². The maximum absolute atomic E-state index is 13.4. The second kappa shape index (κ2) is 9.28. The zero-order valence-corrected chi connectivity index (χ0v) is 11.9. The van der Waals surface area contributed by atoms with Crippen LogP contribution in [0, 0.1) is 5.82 Å². The van der Waals surface area contributed by atoms with E-state index in [4.69, 9.17) is 9.47 Å². The quantitative estimate of drug-likeness (QED) is 0.666. The minimum Gasteiger partial charge on any atom is -0.484 e. The predicted octanol–water partition coefficient (Wildman–Crippen LogP) is 1.08. The van der Waals surface area contributed by atoms with Crippen molar-refractivity contribution in [3.05, 3.63) is 29.6 Å². The Morgan fingerprint density at radius 1 is 1.35 bits per heavy atom. The van der Waals surface area contributed by atoms with Crippen LogP contribution in [0.1, 0.15) is 12.5 Å². The average molecular weight is 284 g/mol. The van der Waals surface area contributed by atoms with Crippen molar-refractivity contribution in [2.75, 3.05) is 33.4 Å². The van der Waals surface area contributed by atoms with E-state index in [1.807, 2.05) is 6.92 Å². The average Bonchev–Trinajstić information content (AvgIpc) is 2.41. The summed E-state index contributed by atoms with van der Waals surface area (Å²) in [5, 5.41) is 5.73. The third-order valence-corrected chi connectivity index (χ3v) is 2.49. The molecule has 1 aromatic carbocycles. The molecule has 1 amide bonds. The molecule has 0 heterocycles. The van der Waals surface area contributed by atoms with Gasteiger partial charge in [-0.1, -0.05) is 0 Å². The smallest absolute Gasteiger partial charge is 0.257 e. The lowest BCUT2D eigenvalue weighted by molar-refractivity contribution is -0.122. The van der Waals surface area contributed by atoms with Crippen molar-refractivity contribution in [3.8, 4) is 5.75 Å². The first-order valence-corrected chi connectivity index (χ1v) is 6.54. The highest BCUT2D eigenvalue weighted by molar-refractivity contribution is 5.77. The molecule has 0 bridgehead atoms. The summed E-state index contributed by atoms with van der Waals surface area (Å²) in [5.41, 5.74) is 0.756. The van der Waals surface area contributed by atoms with Gasteiger partial charge in [0, 0.05) is 32.8 Å². The lowest BCUT2D eigenvalue weighted by Gasteiger charge is -2.09. The molecule has 6 heteroatoms. The third kappa shape index (κ3) is 6.49. The molecule has 0 saturated carbocycles. The van der Waals surface area contributed by atoms with Gasteiger partial charge in [0.15, 0.2) is 6.61 Å². The lowest BCUT2D eigenvalue weighted by Crippen LogP contribution is -2.28. The molecule has 0 saturated heterocycles. The molecule has 112 valence electrons. The highest BCUT2D eigenvalue weighted by atomic mass is 19.1. The van der Waals surface area contributed by atoms with E-state index in [1.54, 1.807) is 13.2 Å². The molecule has 0 radical (unpaired) electrons. The monoisotopic (exact) mass is 284 g/mol. The van der Waals surface area contributed by atoms with Gasteiger partial charge in [-0.05, 0) is 24.6 Å². The molecule has 0 spiro atoms. The van der Waals surface area contributed by atoms with Crippen molar-refractivity contribution in [2.45, 2.75) is 13.5 Å². The number of nitrogens with one attached hydrogen (secondary N) is 2. The Kier molecular flexibility index (Phi) is 7.60. The van der Waals surface area contributed by atoms with E-state index in [9.17, 15) is 9.18 Å². The molecule has 5 nitrogen and oxygen atoms in total. The van der Waals surface area contributed by atoms with Crippen LogP contribution in [0.4, 0.5) is 4.39 Å². The van der Waals surface area contributed by atoms with E-state index in [2.05, 4.69) is 10.6 Å². The second-order valence-electron chi connectivity index (χ2n) is 4.21. The zero-order valence-electron chi connectivity index (χ0n) is 11.9. The number of carbonyl (C=O) groups excluding carboxylic acids is 1. The zero-order chi connectivity index (χ0) is 14.8. The Balaban J connectivity index is 2.50. The summed E-state index contributed by atoms with van der Waals surface area (Å²) in [6.45, 7) is 4.04. The van der Waals surface area contributed by atoms with Gasteiger partial charge in [-0.15, -0.1) is 0 Å². The molecule has 0 unspecified atom stereocenters. The molecule has 0 aromatic heterocycles. The molecule has 20 heavy (non-hydrogen) atoms. The fourth-order valence-corrected chi connectivity index (χ4v) is 1.61. The first-order valence-electron chi connectivity index (χ1n) is 6.54. The lowest BCUT2D eigenvalue weighted by atomic mass is 10.2. The number of benzene rings is 1. The summed E-state index contributed by atoms with van der Waals surface area (Å²) in [5.74, 6) is -0.265. The van der Waals surface area contributed by atoms with E-state index in [-0.39, 0.29) is 18.3 Å². The number of hydrogen-bond donors (Lipinski definition) is 2. The third-order valence-electron chi connectivity index (χ3n) is 2.49. The van der Waals surface area contributed by atoms with Crippen LogP contribution in [0.25, 0.3) is 0 Å². The summed E-state index contributed by atoms with van der Waals surface area (Å²) in [4.78, 5) is 11.3. The van der Waals surface area contributed by atoms with Crippen molar-refractivity contribution in [2.24, 2.45) is 0 Å². The summed E-state index contributed by atoms with van der Waals surface area (Å²) >= 11 is 0. The first-order chi connectivity index (χ1) is 9.65. The number of carbonyl (C=O) groups is 1. The van der Waals surface area contributed by atoms with Crippen LogP contribution in [-0.2, 0) is 16.1 Å². The van der Waals surface area contributed by atoms with E-state index >= 15 is 0 Å². The van der Waals surface area contributed by atoms with Crippen molar-refractivity contribution >= 4 is 5.91 Å². The van der Waals surface area contributed by atoms with Crippen molar-refractivity contribution in [1.29, 1.82) is 0 Å². The van der Waals surface area contributed by atoms with Crippen LogP contribution in [0.3, 0.4) is 0 Å². The number of hydrogen-bond acceptors (Lipinski definition) is 4. The van der Waals surface area contributed by atoms with Crippen molar-refractivity contribution in [3.63, 3.8) is 0 Å². The summed E-state index contributed by atoms with van der Waals surface area (Å²) < 4.78 is 23.6. The number of likely N-dealkylation sites (N-methyl/N-ethyl adjacent to an activating group) is 1. The van der Waals surface area contributed by atoms with Crippen molar-refractivity contribution < 1.29 is 18.7 Å².